The number of nitrogens with one attached hydrogen (secondary N) is 3. The number of rotatable bonds is 4. The maximum atomic E-state index is 12.1. The Morgan fingerprint density at radius 2 is 1.92 bits per heavy atom. The monoisotopic (exact) mass is 345 g/mol. The van der Waals surface area contributed by atoms with Crippen molar-refractivity contribution >= 4 is 24.0 Å². The van der Waals surface area contributed by atoms with Crippen LogP contribution in [0.1, 0.15) is 28.4 Å². The molecule has 0 spiro atoms. The van der Waals surface area contributed by atoms with Gasteiger partial charge < -0.3 is 9.72 Å². The van der Waals surface area contributed by atoms with Crippen LogP contribution in [0, 0.1) is 18.5 Å². The Hall–Kier alpha value is -2.67. The maximum Gasteiger partial charge on any atom is 0.279 e. The van der Waals surface area contributed by atoms with E-state index in [1.54, 1.807) is 31.3 Å². The molecule has 0 saturated carbocycles. The Kier molecular flexibility index (Phi) is 5.70. The van der Waals surface area contributed by atoms with Gasteiger partial charge >= 0.3 is 0 Å². The van der Waals surface area contributed by atoms with E-state index in [0.29, 0.717) is 10.4 Å². The minimum absolute atomic E-state index is 0.274. The average Bonchev–Trinajstić information content (AvgIpc) is 2.56. The van der Waals surface area contributed by atoms with E-state index in [9.17, 15) is 9.59 Å². The fourth-order valence-electron chi connectivity index (χ4n) is 1.98. The molecular weight excluding hydrogens is 326 g/mol. The van der Waals surface area contributed by atoms with Gasteiger partial charge in [-0.2, -0.15) is 0 Å². The van der Waals surface area contributed by atoms with E-state index < -0.39 is 17.9 Å². The first-order valence-electron chi connectivity index (χ1n) is 7.41. The van der Waals surface area contributed by atoms with Crippen molar-refractivity contribution in [1.82, 2.24) is 15.8 Å². The lowest BCUT2D eigenvalue weighted by atomic mass is 10.1. The highest BCUT2D eigenvalue weighted by Crippen LogP contribution is 2.21. The van der Waals surface area contributed by atoms with Crippen molar-refractivity contribution in [3.8, 4) is 5.75 Å². The molecule has 3 N–H and O–H groups in total. The topological polar surface area (TPSA) is 83.2 Å². The first kappa shape index (κ1) is 17.7. The highest BCUT2D eigenvalue weighted by molar-refractivity contribution is 7.71. The summed E-state index contributed by atoms with van der Waals surface area (Å²) in [6, 6.07) is 8.85. The number of H-pyrrole nitrogens is 1. The second-order valence-corrected chi connectivity index (χ2v) is 5.72. The minimum atomic E-state index is -0.767. The molecule has 0 aliphatic rings. The fraction of sp³-hybridized carbons (Fsp3) is 0.235. The molecule has 1 heterocycles. The number of carbonyl (C=O) groups excluding carboxylic acids is 2. The van der Waals surface area contributed by atoms with E-state index in [4.69, 9.17) is 17.0 Å². The molecule has 1 aromatic carbocycles. The SMILES string of the molecule is Cc1cccc(O[C@@H](C)C(=O)NNC(=O)c2ccc[nH]c2=S)c1C. The molecule has 1 atom stereocenters. The lowest BCUT2D eigenvalue weighted by molar-refractivity contribution is -0.128. The van der Waals surface area contributed by atoms with Gasteiger partial charge in [-0.3, -0.25) is 20.4 Å². The maximum absolute atomic E-state index is 12.1. The van der Waals surface area contributed by atoms with Crippen molar-refractivity contribution in [3.63, 3.8) is 0 Å². The molecule has 0 unspecified atom stereocenters. The number of hydrogen-bond acceptors (Lipinski definition) is 4. The van der Waals surface area contributed by atoms with Gasteiger partial charge in [-0.25, -0.2) is 0 Å². The van der Waals surface area contributed by atoms with E-state index >= 15 is 0 Å². The fourth-order valence-corrected chi connectivity index (χ4v) is 2.21. The highest BCUT2D eigenvalue weighted by Gasteiger charge is 2.17. The Labute approximate surface area is 145 Å². The summed E-state index contributed by atoms with van der Waals surface area (Å²) in [7, 11) is 0. The third-order valence-corrected chi connectivity index (χ3v) is 3.93. The summed E-state index contributed by atoms with van der Waals surface area (Å²) in [5.74, 6) is -0.325. The molecule has 0 bridgehead atoms. The van der Waals surface area contributed by atoms with E-state index in [1.807, 2.05) is 26.0 Å². The van der Waals surface area contributed by atoms with Gasteiger partial charge in [-0.1, -0.05) is 24.4 Å². The standard InChI is InChI=1S/C17H19N3O3S/c1-10-6-4-8-14(11(10)2)23-12(3)15(21)19-20-16(22)13-7-5-9-18-17(13)24/h4-9,12H,1-3H3,(H,18,24)(H,19,21)(H,20,22)/t12-/m0/s1. The molecule has 2 rings (SSSR count). The summed E-state index contributed by atoms with van der Waals surface area (Å²) in [4.78, 5) is 26.8. The Balaban J connectivity index is 1.95. The summed E-state index contributed by atoms with van der Waals surface area (Å²) in [6.45, 7) is 5.50. The van der Waals surface area contributed by atoms with Crippen LogP contribution in [0.4, 0.5) is 0 Å². The quantitative estimate of drug-likeness (QED) is 0.587. The summed E-state index contributed by atoms with van der Waals surface area (Å²) < 4.78 is 5.95. The average molecular weight is 345 g/mol. The van der Waals surface area contributed by atoms with E-state index in [1.165, 1.54) is 0 Å². The summed E-state index contributed by atoms with van der Waals surface area (Å²) in [5.41, 5.74) is 6.98. The van der Waals surface area contributed by atoms with Gasteiger partial charge in [0.1, 0.15) is 10.4 Å². The third-order valence-electron chi connectivity index (χ3n) is 3.59. The smallest absolute Gasteiger partial charge is 0.279 e. The lowest BCUT2D eigenvalue weighted by Crippen LogP contribution is -2.47. The zero-order chi connectivity index (χ0) is 17.7. The molecule has 126 valence electrons. The summed E-state index contributed by atoms with van der Waals surface area (Å²) in [6.07, 6.45) is 0.855. The number of aromatic nitrogens is 1. The molecule has 6 nitrogen and oxygen atoms in total. The number of benzene rings is 1. The van der Waals surface area contributed by atoms with Crippen molar-refractivity contribution < 1.29 is 14.3 Å². The number of ether oxygens (including phenoxy) is 1. The first-order chi connectivity index (χ1) is 11.4. The third kappa shape index (κ3) is 4.20. The molecule has 7 heteroatoms. The van der Waals surface area contributed by atoms with Gasteiger partial charge in [-0.15, -0.1) is 0 Å². The molecular formula is C17H19N3O3S. The van der Waals surface area contributed by atoms with E-state index in [-0.39, 0.29) is 5.56 Å². The van der Waals surface area contributed by atoms with E-state index in [0.717, 1.165) is 11.1 Å². The number of hydrazine groups is 1. The zero-order valence-electron chi connectivity index (χ0n) is 13.7. The Morgan fingerprint density at radius 3 is 2.62 bits per heavy atom. The van der Waals surface area contributed by atoms with Crippen LogP contribution < -0.4 is 15.6 Å². The van der Waals surface area contributed by atoms with Crippen molar-refractivity contribution in [3.05, 3.63) is 57.9 Å². The second kappa shape index (κ2) is 7.74. The van der Waals surface area contributed by atoms with Crippen molar-refractivity contribution in [1.29, 1.82) is 0 Å². The van der Waals surface area contributed by atoms with Crippen LogP contribution in [0.25, 0.3) is 0 Å². The van der Waals surface area contributed by atoms with Crippen LogP contribution in [-0.2, 0) is 4.79 Å². The molecule has 0 fully saturated rings. The molecule has 2 amide bonds. The molecule has 24 heavy (non-hydrogen) atoms. The molecule has 1 aromatic heterocycles. The molecule has 0 saturated heterocycles. The van der Waals surface area contributed by atoms with Gasteiger partial charge in [0.15, 0.2) is 6.10 Å². The van der Waals surface area contributed by atoms with Crippen molar-refractivity contribution in [2.24, 2.45) is 0 Å². The normalized spacial score (nSPS) is 11.5. The number of carbonyl (C=O) groups is 2. The van der Waals surface area contributed by atoms with Crippen molar-refractivity contribution in [2.45, 2.75) is 26.9 Å². The largest absolute Gasteiger partial charge is 0.481 e. The zero-order valence-corrected chi connectivity index (χ0v) is 14.5. The van der Waals surface area contributed by atoms with E-state index in [2.05, 4.69) is 15.8 Å². The van der Waals surface area contributed by atoms with Crippen LogP contribution in [0.3, 0.4) is 0 Å². The Bertz CT molecular complexity index is 817. The lowest BCUT2D eigenvalue weighted by Gasteiger charge is -2.17. The first-order valence-corrected chi connectivity index (χ1v) is 7.81. The number of aromatic amines is 1. The minimum Gasteiger partial charge on any atom is -0.481 e. The van der Waals surface area contributed by atoms with Gasteiger partial charge in [0, 0.05) is 6.20 Å². The number of aryl methyl sites for hydroxylation is 1. The predicted molar refractivity (Wildman–Crippen MR) is 93.2 cm³/mol. The van der Waals surface area contributed by atoms with Gasteiger partial charge in [-0.05, 0) is 50.1 Å². The van der Waals surface area contributed by atoms with Gasteiger partial charge in [0.25, 0.3) is 11.8 Å². The van der Waals surface area contributed by atoms with Crippen LogP contribution in [0.2, 0.25) is 0 Å². The van der Waals surface area contributed by atoms with Crippen LogP contribution in [-0.4, -0.2) is 22.9 Å². The number of pyridine rings is 1. The second-order valence-electron chi connectivity index (χ2n) is 5.31. The number of hydrogen-bond donors (Lipinski definition) is 3. The molecule has 0 radical (unpaired) electrons. The molecule has 2 aromatic rings. The Morgan fingerprint density at radius 1 is 1.17 bits per heavy atom. The van der Waals surface area contributed by atoms with Crippen molar-refractivity contribution in [2.75, 3.05) is 0 Å². The highest BCUT2D eigenvalue weighted by atomic mass is 32.1. The summed E-state index contributed by atoms with van der Waals surface area (Å²) >= 11 is 5.02. The number of amides is 2. The van der Waals surface area contributed by atoms with Crippen LogP contribution in [0.15, 0.2) is 36.5 Å². The predicted octanol–water partition coefficient (Wildman–Crippen LogP) is 2.59. The molecule has 0 aliphatic carbocycles. The van der Waals surface area contributed by atoms with Gasteiger partial charge in [0.05, 0.1) is 5.56 Å². The summed E-state index contributed by atoms with van der Waals surface area (Å²) in [5, 5.41) is 0. The van der Waals surface area contributed by atoms with Crippen LogP contribution in [0.5, 0.6) is 5.75 Å². The van der Waals surface area contributed by atoms with Crippen LogP contribution >= 0.6 is 12.2 Å². The molecule has 0 aliphatic heterocycles. The van der Waals surface area contributed by atoms with Gasteiger partial charge in [0.2, 0.25) is 0 Å².